The topological polar surface area (TPSA) is 60.2 Å². The van der Waals surface area contributed by atoms with Crippen molar-refractivity contribution >= 4 is 17.5 Å². The number of carbonyl (C=O) groups excluding carboxylic acids is 1. The molecule has 0 radical (unpaired) electrons. The van der Waals surface area contributed by atoms with Gasteiger partial charge in [0.05, 0.1) is 24.5 Å². The first-order chi connectivity index (χ1) is 16.2. The van der Waals surface area contributed by atoms with Crippen LogP contribution in [0.3, 0.4) is 0 Å². The van der Waals surface area contributed by atoms with Gasteiger partial charge in [-0.15, -0.1) is 0 Å². The Hall–Kier alpha value is -3.07. The number of amides is 1. The molecule has 0 spiro atoms. The monoisotopic (exact) mass is 492 g/mol. The highest BCUT2D eigenvalue weighted by molar-refractivity contribution is 6.31. The van der Waals surface area contributed by atoms with E-state index >= 15 is 0 Å². The van der Waals surface area contributed by atoms with Crippen molar-refractivity contribution in [3.8, 4) is 17.1 Å². The minimum absolute atomic E-state index is 0.159. The van der Waals surface area contributed by atoms with Gasteiger partial charge in [0.15, 0.2) is 17.5 Å². The number of nitrogens with zero attached hydrogens (tertiary/aromatic N) is 4. The van der Waals surface area contributed by atoms with Crippen LogP contribution in [0.5, 0.6) is 5.88 Å². The Morgan fingerprint density at radius 3 is 2.44 bits per heavy atom. The molecular weight excluding hydrogens is 469 g/mol. The summed E-state index contributed by atoms with van der Waals surface area (Å²) in [6.07, 6.45) is 1.61. The Balaban J connectivity index is 1.82. The maximum absolute atomic E-state index is 14.0. The van der Waals surface area contributed by atoms with Crippen molar-refractivity contribution in [2.24, 2.45) is 7.05 Å². The molecule has 10 heteroatoms. The van der Waals surface area contributed by atoms with Gasteiger partial charge in [0.2, 0.25) is 5.88 Å². The smallest absolute Gasteiger partial charge is 0.273 e. The van der Waals surface area contributed by atoms with Crippen LogP contribution in [0, 0.1) is 17.5 Å². The standard InChI is InChI=1S/C24H24ClF3N4O2/c1-5-13-11-14-21(30-31(3)22(14)12-9-16(26)20(28)17(27)10-12)19(6-2)32(13)24(33)18-8-7-15(25)23(29-18)34-4/h7-10,13,19H,5-6,11H2,1-4H3. The van der Waals surface area contributed by atoms with Crippen molar-refractivity contribution < 1.29 is 22.7 Å². The molecule has 0 saturated carbocycles. The molecule has 34 heavy (non-hydrogen) atoms. The number of rotatable bonds is 5. The molecule has 3 aromatic rings. The third-order valence-electron chi connectivity index (χ3n) is 6.24. The van der Waals surface area contributed by atoms with Crippen LogP contribution in [0.2, 0.25) is 5.02 Å². The molecule has 0 saturated heterocycles. The number of benzene rings is 1. The number of hydrogen-bond donors (Lipinski definition) is 0. The Labute approximate surface area is 200 Å². The second-order valence-electron chi connectivity index (χ2n) is 8.18. The number of hydrogen-bond acceptors (Lipinski definition) is 4. The van der Waals surface area contributed by atoms with Gasteiger partial charge in [-0.1, -0.05) is 25.4 Å². The number of aromatic nitrogens is 3. The lowest BCUT2D eigenvalue weighted by Crippen LogP contribution is -2.47. The maximum atomic E-state index is 14.0. The van der Waals surface area contributed by atoms with Crippen molar-refractivity contribution in [1.82, 2.24) is 19.7 Å². The zero-order chi connectivity index (χ0) is 24.7. The SMILES string of the molecule is CCC1Cc2c(nn(C)c2-c2cc(F)c(F)c(F)c2)C(CC)N1C(=O)c1ccc(Cl)c(OC)n1. The number of carbonyl (C=O) groups is 1. The van der Waals surface area contributed by atoms with E-state index < -0.39 is 17.5 Å². The first-order valence-electron chi connectivity index (χ1n) is 11.0. The molecule has 6 nitrogen and oxygen atoms in total. The summed E-state index contributed by atoms with van der Waals surface area (Å²) in [5.41, 5.74) is 2.33. The van der Waals surface area contributed by atoms with Gasteiger partial charge >= 0.3 is 0 Å². The normalized spacial score (nSPS) is 17.6. The lowest BCUT2D eigenvalue weighted by Gasteiger charge is -2.41. The van der Waals surface area contributed by atoms with Crippen LogP contribution in [0.4, 0.5) is 13.2 Å². The summed E-state index contributed by atoms with van der Waals surface area (Å²) >= 11 is 6.07. The first kappa shape index (κ1) is 24.1. The van der Waals surface area contributed by atoms with Gasteiger partial charge in [0, 0.05) is 24.2 Å². The molecular formula is C24H24ClF3N4O2. The van der Waals surface area contributed by atoms with E-state index in [1.54, 1.807) is 24.1 Å². The molecule has 2 aromatic heterocycles. The fraction of sp³-hybridized carbons (Fsp3) is 0.375. The minimum Gasteiger partial charge on any atom is -0.480 e. The van der Waals surface area contributed by atoms with Gasteiger partial charge in [0.1, 0.15) is 10.7 Å². The van der Waals surface area contributed by atoms with E-state index in [0.29, 0.717) is 35.7 Å². The summed E-state index contributed by atoms with van der Waals surface area (Å²) in [4.78, 5) is 19.6. The third-order valence-corrected chi connectivity index (χ3v) is 6.52. The lowest BCUT2D eigenvalue weighted by atomic mass is 9.87. The molecule has 0 aliphatic carbocycles. The highest BCUT2D eigenvalue weighted by Gasteiger charge is 2.40. The van der Waals surface area contributed by atoms with E-state index in [9.17, 15) is 18.0 Å². The van der Waals surface area contributed by atoms with Crippen LogP contribution in [-0.2, 0) is 13.5 Å². The van der Waals surface area contributed by atoms with Crippen molar-refractivity contribution in [3.05, 3.63) is 63.7 Å². The van der Waals surface area contributed by atoms with Crippen molar-refractivity contribution in [2.45, 2.75) is 45.2 Å². The Bertz CT molecular complexity index is 1240. The van der Waals surface area contributed by atoms with E-state index in [1.165, 1.54) is 11.8 Å². The number of pyridine rings is 1. The van der Waals surface area contributed by atoms with Gasteiger partial charge in [-0.05, 0) is 43.5 Å². The molecule has 2 unspecified atom stereocenters. The average molecular weight is 493 g/mol. The number of ether oxygens (including phenoxy) is 1. The predicted octanol–water partition coefficient (Wildman–Crippen LogP) is 5.49. The van der Waals surface area contributed by atoms with Crippen LogP contribution in [0.15, 0.2) is 24.3 Å². The maximum Gasteiger partial charge on any atom is 0.273 e. The van der Waals surface area contributed by atoms with E-state index in [1.807, 2.05) is 13.8 Å². The summed E-state index contributed by atoms with van der Waals surface area (Å²) in [6, 6.07) is 4.45. The van der Waals surface area contributed by atoms with E-state index in [0.717, 1.165) is 17.7 Å². The predicted molar refractivity (Wildman–Crippen MR) is 121 cm³/mol. The van der Waals surface area contributed by atoms with Crippen LogP contribution < -0.4 is 4.74 Å². The zero-order valence-electron chi connectivity index (χ0n) is 19.2. The molecule has 180 valence electrons. The second-order valence-corrected chi connectivity index (χ2v) is 8.59. The molecule has 1 aliphatic rings. The highest BCUT2D eigenvalue weighted by atomic mass is 35.5. The van der Waals surface area contributed by atoms with Gasteiger partial charge in [-0.25, -0.2) is 18.2 Å². The van der Waals surface area contributed by atoms with Gasteiger partial charge < -0.3 is 9.64 Å². The summed E-state index contributed by atoms with van der Waals surface area (Å²) in [5.74, 6) is -4.17. The molecule has 1 aromatic carbocycles. The quantitative estimate of drug-likeness (QED) is 0.442. The fourth-order valence-electron chi connectivity index (χ4n) is 4.69. The first-order valence-corrected chi connectivity index (χ1v) is 11.3. The molecule has 1 aliphatic heterocycles. The van der Waals surface area contributed by atoms with Crippen LogP contribution in [-0.4, -0.2) is 38.7 Å². The summed E-state index contributed by atoms with van der Waals surface area (Å²) < 4.78 is 48.3. The minimum atomic E-state index is -1.51. The van der Waals surface area contributed by atoms with Gasteiger partial charge in [-0.3, -0.25) is 9.48 Å². The molecule has 3 heterocycles. The van der Waals surface area contributed by atoms with Crippen LogP contribution >= 0.6 is 11.6 Å². The van der Waals surface area contributed by atoms with E-state index in [-0.39, 0.29) is 35.1 Å². The molecule has 0 N–H and O–H groups in total. The Morgan fingerprint density at radius 1 is 1.18 bits per heavy atom. The summed E-state index contributed by atoms with van der Waals surface area (Å²) in [6.45, 7) is 3.90. The van der Waals surface area contributed by atoms with Crippen molar-refractivity contribution in [3.63, 3.8) is 0 Å². The second kappa shape index (κ2) is 9.29. The van der Waals surface area contributed by atoms with Crippen molar-refractivity contribution in [2.75, 3.05) is 7.11 Å². The number of aryl methyl sites for hydroxylation is 1. The Morgan fingerprint density at radius 2 is 1.85 bits per heavy atom. The molecule has 2 atom stereocenters. The summed E-state index contributed by atoms with van der Waals surface area (Å²) in [7, 11) is 3.09. The van der Waals surface area contributed by atoms with E-state index in [2.05, 4.69) is 10.1 Å². The molecule has 1 amide bonds. The number of fused-ring (bicyclic) bond motifs is 1. The summed E-state index contributed by atoms with van der Waals surface area (Å²) in [5, 5.41) is 4.92. The largest absolute Gasteiger partial charge is 0.480 e. The van der Waals surface area contributed by atoms with Crippen LogP contribution in [0.1, 0.15) is 54.5 Å². The van der Waals surface area contributed by atoms with Crippen molar-refractivity contribution in [1.29, 1.82) is 0 Å². The van der Waals surface area contributed by atoms with E-state index in [4.69, 9.17) is 16.3 Å². The van der Waals surface area contributed by atoms with Gasteiger partial charge in [0.25, 0.3) is 5.91 Å². The lowest BCUT2D eigenvalue weighted by molar-refractivity contribution is 0.0506. The van der Waals surface area contributed by atoms with Crippen LogP contribution in [0.25, 0.3) is 11.3 Å². The molecule has 4 rings (SSSR count). The zero-order valence-corrected chi connectivity index (χ0v) is 20.0. The van der Waals surface area contributed by atoms with Gasteiger partial charge in [-0.2, -0.15) is 5.10 Å². The fourth-order valence-corrected chi connectivity index (χ4v) is 4.87. The number of halogens is 4. The average Bonchev–Trinajstić information content (AvgIpc) is 3.16. The third kappa shape index (κ3) is 3.91. The molecule has 0 fully saturated rings. The Kier molecular flexibility index (Phi) is 6.58. The molecule has 0 bridgehead atoms. The number of methoxy groups -OCH3 is 1. The highest BCUT2D eigenvalue weighted by Crippen LogP contribution is 2.41.